The van der Waals surface area contributed by atoms with Crippen molar-refractivity contribution in [2.75, 3.05) is 6.54 Å². The molecule has 0 amide bonds. The van der Waals surface area contributed by atoms with Crippen LogP contribution in [0.1, 0.15) is 12.0 Å². The van der Waals surface area contributed by atoms with Gasteiger partial charge in [-0.1, -0.05) is 30.3 Å². The molecule has 0 aromatic heterocycles. The Morgan fingerprint density at radius 1 is 1.21 bits per heavy atom. The van der Waals surface area contributed by atoms with Crippen molar-refractivity contribution < 1.29 is 4.79 Å². The molecule has 2 heteroatoms. The van der Waals surface area contributed by atoms with E-state index in [9.17, 15) is 4.79 Å². The molecule has 2 heterocycles. The van der Waals surface area contributed by atoms with E-state index in [4.69, 9.17) is 0 Å². The Labute approximate surface area is 82.8 Å². The second-order valence-electron chi connectivity index (χ2n) is 3.80. The fraction of sp³-hybridized carbons (Fsp3) is 0.250. The molecule has 14 heavy (non-hydrogen) atoms. The van der Waals surface area contributed by atoms with Gasteiger partial charge in [-0.3, -0.25) is 4.79 Å². The standard InChI is InChI=1S/C12H11NO/c14-12-8-11(13-7-6-10(12)13)9-4-2-1-3-5-9/h1-5,8,10H,6-7H2. The van der Waals surface area contributed by atoms with Crippen molar-refractivity contribution in [3.05, 3.63) is 42.0 Å². The summed E-state index contributed by atoms with van der Waals surface area (Å²) in [5.41, 5.74) is 2.26. The zero-order valence-electron chi connectivity index (χ0n) is 7.81. The van der Waals surface area contributed by atoms with Crippen molar-refractivity contribution in [3.8, 4) is 0 Å². The van der Waals surface area contributed by atoms with Crippen LogP contribution in [0.25, 0.3) is 5.70 Å². The van der Waals surface area contributed by atoms with Crippen molar-refractivity contribution >= 4 is 11.5 Å². The molecule has 0 bridgehead atoms. The molecule has 0 aliphatic carbocycles. The van der Waals surface area contributed by atoms with Gasteiger partial charge in [0.2, 0.25) is 0 Å². The van der Waals surface area contributed by atoms with Gasteiger partial charge in [0, 0.05) is 18.3 Å². The van der Waals surface area contributed by atoms with Crippen LogP contribution in [0.5, 0.6) is 0 Å². The van der Waals surface area contributed by atoms with Crippen LogP contribution in [0.2, 0.25) is 0 Å². The lowest BCUT2D eigenvalue weighted by molar-refractivity contribution is -0.119. The molecule has 0 radical (unpaired) electrons. The fourth-order valence-electron chi connectivity index (χ4n) is 2.14. The molecule has 1 aromatic rings. The van der Waals surface area contributed by atoms with E-state index in [1.165, 1.54) is 0 Å². The molecule has 2 aliphatic heterocycles. The van der Waals surface area contributed by atoms with Gasteiger partial charge in [-0.15, -0.1) is 0 Å². The van der Waals surface area contributed by atoms with E-state index in [0.29, 0.717) is 0 Å². The Morgan fingerprint density at radius 3 is 2.57 bits per heavy atom. The summed E-state index contributed by atoms with van der Waals surface area (Å²) in [4.78, 5) is 13.7. The zero-order valence-corrected chi connectivity index (χ0v) is 7.81. The van der Waals surface area contributed by atoms with Crippen LogP contribution in [-0.4, -0.2) is 23.3 Å². The predicted octanol–water partition coefficient (Wildman–Crippen LogP) is 1.68. The highest BCUT2D eigenvalue weighted by atomic mass is 16.1. The molecule has 1 aromatic carbocycles. The maximum atomic E-state index is 11.5. The highest BCUT2D eigenvalue weighted by Gasteiger charge is 2.39. The Kier molecular flexibility index (Phi) is 1.51. The number of fused-ring (bicyclic) bond motifs is 1. The minimum absolute atomic E-state index is 0.158. The van der Waals surface area contributed by atoms with Crippen LogP contribution in [0.15, 0.2) is 36.4 Å². The number of hydrogen-bond donors (Lipinski definition) is 0. The summed E-state index contributed by atoms with van der Waals surface area (Å²) in [6.45, 7) is 1.02. The summed E-state index contributed by atoms with van der Waals surface area (Å²) in [5.74, 6) is 0.273. The third kappa shape index (κ3) is 0.939. The van der Waals surface area contributed by atoms with Gasteiger partial charge in [-0.2, -0.15) is 0 Å². The molecule has 70 valence electrons. The van der Waals surface area contributed by atoms with Crippen LogP contribution in [0.3, 0.4) is 0 Å². The Balaban J connectivity index is 2.00. The average Bonchev–Trinajstić information content (AvgIpc) is 2.37. The van der Waals surface area contributed by atoms with Gasteiger partial charge in [-0.25, -0.2) is 0 Å². The number of benzene rings is 1. The van der Waals surface area contributed by atoms with Crippen LogP contribution in [-0.2, 0) is 4.79 Å². The summed E-state index contributed by atoms with van der Waals surface area (Å²) in [7, 11) is 0. The van der Waals surface area contributed by atoms with Gasteiger partial charge in [-0.05, 0) is 12.0 Å². The highest BCUT2D eigenvalue weighted by Crippen LogP contribution is 2.35. The van der Waals surface area contributed by atoms with Gasteiger partial charge in [0.15, 0.2) is 5.78 Å². The van der Waals surface area contributed by atoms with Gasteiger partial charge in [0.1, 0.15) is 0 Å². The van der Waals surface area contributed by atoms with E-state index in [1.807, 2.05) is 18.2 Å². The predicted molar refractivity (Wildman–Crippen MR) is 54.5 cm³/mol. The van der Waals surface area contributed by atoms with Crippen LogP contribution >= 0.6 is 0 Å². The molecular weight excluding hydrogens is 174 g/mol. The zero-order chi connectivity index (χ0) is 9.54. The topological polar surface area (TPSA) is 20.3 Å². The summed E-state index contributed by atoms with van der Waals surface area (Å²) >= 11 is 0. The molecule has 2 aliphatic rings. The maximum absolute atomic E-state index is 11.5. The number of rotatable bonds is 1. The normalized spacial score (nSPS) is 24.3. The first-order chi connectivity index (χ1) is 6.86. The minimum Gasteiger partial charge on any atom is -0.360 e. The first kappa shape index (κ1) is 7.80. The molecule has 1 saturated heterocycles. The largest absolute Gasteiger partial charge is 0.360 e. The van der Waals surface area contributed by atoms with Crippen molar-refractivity contribution in [1.29, 1.82) is 0 Å². The smallest absolute Gasteiger partial charge is 0.180 e. The van der Waals surface area contributed by atoms with E-state index >= 15 is 0 Å². The van der Waals surface area contributed by atoms with Crippen molar-refractivity contribution in [2.45, 2.75) is 12.5 Å². The van der Waals surface area contributed by atoms with E-state index in [1.54, 1.807) is 6.08 Å². The highest BCUT2D eigenvalue weighted by molar-refractivity contribution is 6.05. The minimum atomic E-state index is 0.158. The van der Waals surface area contributed by atoms with E-state index in [0.717, 1.165) is 24.2 Å². The van der Waals surface area contributed by atoms with E-state index < -0.39 is 0 Å². The summed E-state index contributed by atoms with van der Waals surface area (Å²) in [6.07, 6.45) is 2.80. The summed E-state index contributed by atoms with van der Waals surface area (Å²) in [5, 5.41) is 0. The summed E-state index contributed by atoms with van der Waals surface area (Å²) < 4.78 is 0. The van der Waals surface area contributed by atoms with E-state index in [2.05, 4.69) is 17.0 Å². The van der Waals surface area contributed by atoms with Gasteiger partial charge in [0.05, 0.1) is 6.04 Å². The van der Waals surface area contributed by atoms with Crippen molar-refractivity contribution in [3.63, 3.8) is 0 Å². The molecule has 0 spiro atoms. The van der Waals surface area contributed by atoms with Gasteiger partial charge >= 0.3 is 0 Å². The van der Waals surface area contributed by atoms with Crippen LogP contribution in [0.4, 0.5) is 0 Å². The lowest BCUT2D eigenvalue weighted by atomic mass is 10.0. The molecule has 1 atom stereocenters. The number of carbonyl (C=O) groups excluding carboxylic acids is 1. The number of ketones is 1. The Hall–Kier alpha value is -1.57. The average molecular weight is 185 g/mol. The number of carbonyl (C=O) groups is 1. The van der Waals surface area contributed by atoms with Crippen LogP contribution in [0, 0.1) is 0 Å². The monoisotopic (exact) mass is 185 g/mol. The van der Waals surface area contributed by atoms with Crippen molar-refractivity contribution in [2.24, 2.45) is 0 Å². The van der Waals surface area contributed by atoms with Crippen molar-refractivity contribution in [1.82, 2.24) is 4.90 Å². The number of hydrogen-bond acceptors (Lipinski definition) is 2. The fourth-order valence-corrected chi connectivity index (χ4v) is 2.14. The van der Waals surface area contributed by atoms with Gasteiger partial charge < -0.3 is 4.90 Å². The lowest BCUT2D eigenvalue weighted by Gasteiger charge is -2.38. The lowest BCUT2D eigenvalue weighted by Crippen LogP contribution is -2.46. The second-order valence-corrected chi connectivity index (χ2v) is 3.80. The third-order valence-corrected chi connectivity index (χ3v) is 3.01. The molecule has 0 N–H and O–H groups in total. The molecular formula is C12H11NO. The third-order valence-electron chi connectivity index (χ3n) is 3.01. The second kappa shape index (κ2) is 2.71. The molecule has 0 saturated carbocycles. The Morgan fingerprint density at radius 2 is 2.00 bits per heavy atom. The Bertz CT molecular complexity index is 408. The number of nitrogens with zero attached hydrogens (tertiary/aromatic N) is 1. The maximum Gasteiger partial charge on any atom is 0.180 e. The molecule has 3 rings (SSSR count). The van der Waals surface area contributed by atoms with E-state index in [-0.39, 0.29) is 11.8 Å². The molecule has 2 nitrogen and oxygen atoms in total. The summed E-state index contributed by atoms with van der Waals surface area (Å²) in [6, 6.07) is 10.3. The quantitative estimate of drug-likeness (QED) is 0.663. The first-order valence-electron chi connectivity index (χ1n) is 4.94. The first-order valence-corrected chi connectivity index (χ1v) is 4.94. The van der Waals surface area contributed by atoms with Gasteiger partial charge in [0.25, 0.3) is 0 Å². The van der Waals surface area contributed by atoms with Crippen LogP contribution < -0.4 is 0 Å². The molecule has 1 unspecified atom stereocenters. The molecule has 1 fully saturated rings. The SMILES string of the molecule is O=C1C=C(c2ccccc2)N2CCC12.